The predicted octanol–water partition coefficient (Wildman–Crippen LogP) is 3.32. The van der Waals surface area contributed by atoms with Crippen LogP contribution in [0, 0.1) is 0 Å². The molecule has 9 heteroatoms. The van der Waals surface area contributed by atoms with E-state index in [0.717, 1.165) is 0 Å². The summed E-state index contributed by atoms with van der Waals surface area (Å²) in [5.41, 5.74) is 0.842. The number of nitrogens with zero attached hydrogens (tertiary/aromatic N) is 3. The van der Waals surface area contributed by atoms with Gasteiger partial charge in [-0.15, -0.1) is 0 Å². The lowest BCUT2D eigenvalue weighted by Crippen LogP contribution is -2.21. The second-order valence-corrected chi connectivity index (χ2v) is 7.68. The lowest BCUT2D eigenvalue weighted by Gasteiger charge is -2.17. The van der Waals surface area contributed by atoms with Gasteiger partial charge in [0, 0.05) is 50.6 Å². The molecule has 1 atom stereocenters. The molecular formula is C24H28N4O5. The third-order valence-corrected chi connectivity index (χ3v) is 4.80. The molecule has 1 heterocycles. The molecule has 0 aliphatic rings. The molecule has 0 aliphatic carbocycles. The normalized spacial score (nSPS) is 11.5. The van der Waals surface area contributed by atoms with Crippen molar-refractivity contribution in [3.63, 3.8) is 0 Å². The first-order valence-corrected chi connectivity index (χ1v) is 10.5. The molecule has 0 unspecified atom stereocenters. The molecule has 2 aromatic carbocycles. The Morgan fingerprint density at radius 3 is 2.33 bits per heavy atom. The number of rotatable bonds is 9. The highest BCUT2D eigenvalue weighted by Crippen LogP contribution is 2.29. The minimum Gasteiger partial charge on any atom is -0.488 e. The zero-order valence-corrected chi connectivity index (χ0v) is 19.1. The molecule has 9 nitrogen and oxygen atoms in total. The summed E-state index contributed by atoms with van der Waals surface area (Å²) in [6, 6.07) is 13.2. The van der Waals surface area contributed by atoms with Crippen molar-refractivity contribution in [3.8, 4) is 17.2 Å². The zero-order valence-electron chi connectivity index (χ0n) is 19.1. The Morgan fingerprint density at radius 1 is 1.06 bits per heavy atom. The summed E-state index contributed by atoms with van der Waals surface area (Å²) < 4.78 is 13.4. The van der Waals surface area contributed by atoms with Gasteiger partial charge in [-0.05, 0) is 42.8 Å². The number of amides is 2. The van der Waals surface area contributed by atoms with Gasteiger partial charge < -0.3 is 24.8 Å². The number of aliphatic hydroxyl groups is 1. The molecule has 0 bridgehead atoms. The Labute approximate surface area is 192 Å². The molecule has 0 saturated heterocycles. The summed E-state index contributed by atoms with van der Waals surface area (Å²) >= 11 is 0. The monoisotopic (exact) mass is 452 g/mol. The van der Waals surface area contributed by atoms with Gasteiger partial charge in [-0.1, -0.05) is 6.92 Å². The van der Waals surface area contributed by atoms with Crippen molar-refractivity contribution in [2.45, 2.75) is 19.4 Å². The summed E-state index contributed by atoms with van der Waals surface area (Å²) in [6.45, 7) is 1.74. The van der Waals surface area contributed by atoms with E-state index in [1.807, 2.05) is 6.92 Å². The van der Waals surface area contributed by atoms with Crippen LogP contribution in [0.5, 0.6) is 17.2 Å². The molecule has 174 valence electrons. The Morgan fingerprint density at radius 2 is 1.76 bits per heavy atom. The smallest absolute Gasteiger partial charge is 0.257 e. The lowest BCUT2D eigenvalue weighted by atomic mass is 10.1. The van der Waals surface area contributed by atoms with Crippen LogP contribution in [0.4, 0.5) is 5.82 Å². The zero-order chi connectivity index (χ0) is 24.0. The van der Waals surface area contributed by atoms with Gasteiger partial charge in [0.1, 0.15) is 23.4 Å². The number of aliphatic hydroxyl groups excluding tert-OH is 1. The van der Waals surface area contributed by atoms with Gasteiger partial charge in [0.2, 0.25) is 0 Å². The summed E-state index contributed by atoms with van der Waals surface area (Å²) in [6.07, 6.45) is 1.91. The first-order chi connectivity index (χ1) is 15.8. The van der Waals surface area contributed by atoms with Crippen molar-refractivity contribution in [1.82, 2.24) is 14.7 Å². The fourth-order valence-corrected chi connectivity index (χ4v) is 3.00. The highest BCUT2D eigenvalue weighted by Gasteiger charge is 2.15. The van der Waals surface area contributed by atoms with E-state index in [4.69, 9.17) is 9.47 Å². The van der Waals surface area contributed by atoms with Crippen LogP contribution in [0.2, 0.25) is 0 Å². The quantitative estimate of drug-likeness (QED) is 0.516. The molecule has 0 spiro atoms. The molecule has 2 N–H and O–H groups in total. The third kappa shape index (κ3) is 6.33. The van der Waals surface area contributed by atoms with Gasteiger partial charge in [-0.3, -0.25) is 14.3 Å². The molecule has 2 amide bonds. The van der Waals surface area contributed by atoms with Crippen molar-refractivity contribution in [3.05, 3.63) is 65.9 Å². The van der Waals surface area contributed by atoms with Gasteiger partial charge in [-0.2, -0.15) is 5.10 Å². The van der Waals surface area contributed by atoms with Crippen LogP contribution in [-0.4, -0.2) is 58.4 Å². The standard InChI is InChI=1S/C24H28N4O5/c1-5-18(15-29)32-20-12-17(23(30)25-22-10-11-28(4)26-22)13-21(14-20)33-19-8-6-16(7-9-19)24(31)27(2)3/h6-14,18,29H,5,15H2,1-4H3,(H,25,26,30)/t18-/m0/s1. The number of carbonyl (C=O) groups is 2. The van der Waals surface area contributed by atoms with Crippen molar-refractivity contribution in [2.24, 2.45) is 7.05 Å². The number of aryl methyl sites for hydroxylation is 1. The Bertz CT molecular complexity index is 1100. The van der Waals surface area contributed by atoms with E-state index < -0.39 is 6.10 Å². The Hall–Kier alpha value is -3.85. The van der Waals surface area contributed by atoms with Gasteiger partial charge in [0.15, 0.2) is 5.82 Å². The number of hydrogen-bond donors (Lipinski definition) is 2. The number of ether oxygens (including phenoxy) is 2. The average molecular weight is 453 g/mol. The van der Waals surface area contributed by atoms with Gasteiger partial charge in [0.05, 0.1) is 6.61 Å². The van der Waals surface area contributed by atoms with E-state index >= 15 is 0 Å². The van der Waals surface area contributed by atoms with E-state index in [1.165, 1.54) is 4.90 Å². The summed E-state index contributed by atoms with van der Waals surface area (Å²) in [4.78, 5) is 26.4. The SMILES string of the molecule is CC[C@@H](CO)Oc1cc(Oc2ccc(C(=O)N(C)C)cc2)cc(C(=O)Nc2ccn(C)n2)c1. The van der Waals surface area contributed by atoms with Crippen LogP contribution in [-0.2, 0) is 7.05 Å². The number of aromatic nitrogens is 2. The maximum atomic E-state index is 12.8. The molecule has 3 aromatic rings. The highest BCUT2D eigenvalue weighted by atomic mass is 16.5. The molecule has 0 radical (unpaired) electrons. The molecule has 33 heavy (non-hydrogen) atoms. The number of anilines is 1. The predicted molar refractivity (Wildman–Crippen MR) is 124 cm³/mol. The molecule has 0 saturated carbocycles. The molecule has 0 fully saturated rings. The van der Waals surface area contributed by atoms with Crippen LogP contribution in [0.3, 0.4) is 0 Å². The number of hydrogen-bond acceptors (Lipinski definition) is 6. The number of benzene rings is 2. The summed E-state index contributed by atoms with van der Waals surface area (Å²) in [5.74, 6) is 1.18. The fourth-order valence-electron chi connectivity index (χ4n) is 3.00. The van der Waals surface area contributed by atoms with Crippen LogP contribution in [0.1, 0.15) is 34.1 Å². The van der Waals surface area contributed by atoms with Crippen LogP contribution < -0.4 is 14.8 Å². The topological polar surface area (TPSA) is 106 Å². The van der Waals surface area contributed by atoms with Crippen molar-refractivity contribution in [1.29, 1.82) is 0 Å². The summed E-state index contributed by atoms with van der Waals surface area (Å²) in [5, 5.41) is 16.4. The van der Waals surface area contributed by atoms with Crippen molar-refractivity contribution >= 4 is 17.6 Å². The van der Waals surface area contributed by atoms with Gasteiger partial charge in [-0.25, -0.2) is 0 Å². The van der Waals surface area contributed by atoms with E-state index in [1.54, 1.807) is 80.6 Å². The minimum absolute atomic E-state index is 0.111. The van der Waals surface area contributed by atoms with Crippen LogP contribution >= 0.6 is 0 Å². The molecule has 0 aliphatic heterocycles. The fraction of sp³-hybridized carbons (Fsp3) is 0.292. The minimum atomic E-state index is -0.414. The summed E-state index contributed by atoms with van der Waals surface area (Å²) in [7, 11) is 5.13. The van der Waals surface area contributed by atoms with Crippen molar-refractivity contribution in [2.75, 3.05) is 26.0 Å². The van der Waals surface area contributed by atoms with Crippen molar-refractivity contribution < 1.29 is 24.2 Å². The lowest BCUT2D eigenvalue weighted by molar-refractivity contribution is 0.0827. The van der Waals surface area contributed by atoms with E-state index in [2.05, 4.69) is 10.4 Å². The highest BCUT2D eigenvalue weighted by molar-refractivity contribution is 6.04. The average Bonchev–Trinajstić information content (AvgIpc) is 3.21. The largest absolute Gasteiger partial charge is 0.488 e. The molecule has 1 aromatic heterocycles. The van der Waals surface area contributed by atoms with Crippen LogP contribution in [0.15, 0.2) is 54.7 Å². The van der Waals surface area contributed by atoms with E-state index in [-0.39, 0.29) is 18.4 Å². The van der Waals surface area contributed by atoms with E-state index in [9.17, 15) is 14.7 Å². The van der Waals surface area contributed by atoms with E-state index in [0.29, 0.717) is 40.6 Å². The molecular weight excluding hydrogens is 424 g/mol. The van der Waals surface area contributed by atoms with Crippen LogP contribution in [0.25, 0.3) is 0 Å². The number of carbonyl (C=O) groups excluding carboxylic acids is 2. The first kappa shape index (κ1) is 23.8. The third-order valence-electron chi connectivity index (χ3n) is 4.80. The van der Waals surface area contributed by atoms with Gasteiger partial charge in [0.25, 0.3) is 11.8 Å². The van der Waals surface area contributed by atoms with Gasteiger partial charge >= 0.3 is 0 Å². The maximum Gasteiger partial charge on any atom is 0.257 e. The maximum absolute atomic E-state index is 12.8. The Kier molecular flexibility index (Phi) is 7.68. The number of nitrogens with one attached hydrogen (secondary N) is 1. The first-order valence-electron chi connectivity index (χ1n) is 10.5. The Balaban J connectivity index is 1.86. The second-order valence-electron chi connectivity index (χ2n) is 7.68. The second kappa shape index (κ2) is 10.6. The molecule has 3 rings (SSSR count).